The molecule has 1 heterocycles. The standard InChI is InChI=1S/C25H30ClN3O4S/c26-20-9-5-4-8-19(20)15-34(32,33)16-23-25(31)29-22-14-18(10-11-21(22)28-23)24(30)27-13-12-17-6-2-1-3-7-17/h6,8-11,14,23,28H,1-5,7,12-13,15-16H2,(H,27,30)(H,29,31). The summed E-state index contributed by atoms with van der Waals surface area (Å²) >= 11 is 6.14. The first-order valence-corrected chi connectivity index (χ1v) is 13.9. The minimum absolute atomic E-state index is 0.198. The first kappa shape index (κ1) is 24.5. The number of hydrogen-bond acceptors (Lipinski definition) is 5. The average Bonchev–Trinajstić information content (AvgIpc) is 2.81. The van der Waals surface area contributed by atoms with Crippen molar-refractivity contribution in [2.45, 2.75) is 51.0 Å². The Balaban J connectivity index is 1.35. The number of sulfone groups is 1. The molecule has 0 spiro atoms. The van der Waals surface area contributed by atoms with E-state index in [1.807, 2.05) is 12.2 Å². The molecular weight excluding hydrogens is 474 g/mol. The molecule has 1 aliphatic heterocycles. The summed E-state index contributed by atoms with van der Waals surface area (Å²) in [7, 11) is -3.58. The number of hydrogen-bond donors (Lipinski definition) is 3. The maximum atomic E-state index is 12.7. The number of halogens is 1. The predicted octanol–water partition coefficient (Wildman–Crippen LogP) is 4.30. The summed E-state index contributed by atoms with van der Waals surface area (Å²) in [5, 5.41) is 9.14. The quantitative estimate of drug-likeness (QED) is 0.459. The molecule has 1 aromatic carbocycles. The van der Waals surface area contributed by atoms with Gasteiger partial charge < -0.3 is 16.0 Å². The van der Waals surface area contributed by atoms with Gasteiger partial charge in [0.05, 0.1) is 22.9 Å². The summed E-state index contributed by atoms with van der Waals surface area (Å²) in [6.07, 6.45) is 13.0. The molecule has 2 amide bonds. The lowest BCUT2D eigenvalue weighted by Crippen LogP contribution is -2.44. The lowest BCUT2D eigenvalue weighted by Gasteiger charge is -2.27. The number of fused-ring (bicyclic) bond motifs is 1. The fraction of sp³-hybridized carbons (Fsp3) is 0.440. The molecule has 1 unspecified atom stereocenters. The second-order valence-corrected chi connectivity index (χ2v) is 11.5. The SMILES string of the molecule is O=C(NCCC1=CCCCC1)c1ccc2c(c1)NC(=O)C(CS(=O)(=O)CC1=CCCC=C1Cl)N2. The van der Waals surface area contributed by atoms with Gasteiger partial charge in [-0.2, -0.15) is 0 Å². The zero-order valence-corrected chi connectivity index (χ0v) is 20.6. The van der Waals surface area contributed by atoms with Crippen molar-refractivity contribution in [1.82, 2.24) is 5.32 Å². The van der Waals surface area contributed by atoms with E-state index >= 15 is 0 Å². The Morgan fingerprint density at radius 1 is 1.09 bits per heavy atom. The third kappa shape index (κ3) is 6.30. The van der Waals surface area contributed by atoms with E-state index in [0.29, 0.717) is 34.1 Å². The largest absolute Gasteiger partial charge is 0.371 e. The summed E-state index contributed by atoms with van der Waals surface area (Å²) < 4.78 is 25.4. The molecule has 0 radical (unpaired) electrons. The van der Waals surface area contributed by atoms with Gasteiger partial charge in [-0.05, 0) is 68.7 Å². The highest BCUT2D eigenvalue weighted by molar-refractivity contribution is 7.91. The highest BCUT2D eigenvalue weighted by Crippen LogP contribution is 2.29. The van der Waals surface area contributed by atoms with Crippen molar-refractivity contribution >= 4 is 44.6 Å². The van der Waals surface area contributed by atoms with Crippen LogP contribution in [0.25, 0.3) is 0 Å². The van der Waals surface area contributed by atoms with Gasteiger partial charge in [0, 0.05) is 17.1 Å². The highest BCUT2D eigenvalue weighted by atomic mass is 35.5. The van der Waals surface area contributed by atoms with Crippen molar-refractivity contribution in [3.8, 4) is 0 Å². The molecule has 2 aliphatic carbocycles. The third-order valence-electron chi connectivity index (χ3n) is 6.29. The van der Waals surface area contributed by atoms with Crippen LogP contribution < -0.4 is 16.0 Å². The number of amides is 2. The molecule has 0 fully saturated rings. The van der Waals surface area contributed by atoms with Crippen LogP contribution in [0, 0.1) is 0 Å². The second-order valence-electron chi connectivity index (χ2n) is 8.97. The molecule has 34 heavy (non-hydrogen) atoms. The van der Waals surface area contributed by atoms with Crippen LogP contribution >= 0.6 is 11.6 Å². The molecule has 3 N–H and O–H groups in total. The number of carbonyl (C=O) groups excluding carboxylic acids is 2. The van der Waals surface area contributed by atoms with E-state index < -0.39 is 21.8 Å². The van der Waals surface area contributed by atoms with Crippen LogP contribution in [0.5, 0.6) is 0 Å². The topological polar surface area (TPSA) is 104 Å². The molecule has 0 saturated carbocycles. The van der Waals surface area contributed by atoms with Gasteiger partial charge >= 0.3 is 0 Å². The monoisotopic (exact) mass is 503 g/mol. The number of rotatable bonds is 8. The van der Waals surface area contributed by atoms with Crippen molar-refractivity contribution in [2.75, 3.05) is 28.7 Å². The van der Waals surface area contributed by atoms with E-state index in [-0.39, 0.29) is 17.4 Å². The van der Waals surface area contributed by atoms with Crippen LogP contribution in [0.1, 0.15) is 55.3 Å². The number of anilines is 2. The Hall–Kier alpha value is -2.58. The Kier molecular flexibility index (Phi) is 7.78. The third-order valence-corrected chi connectivity index (χ3v) is 8.28. The molecule has 3 aliphatic rings. The van der Waals surface area contributed by atoms with E-state index in [9.17, 15) is 18.0 Å². The van der Waals surface area contributed by atoms with E-state index in [1.54, 1.807) is 18.2 Å². The van der Waals surface area contributed by atoms with Gasteiger partial charge in [0.25, 0.3) is 5.91 Å². The Morgan fingerprint density at radius 2 is 1.91 bits per heavy atom. The van der Waals surface area contributed by atoms with Crippen molar-refractivity contribution < 1.29 is 18.0 Å². The zero-order valence-electron chi connectivity index (χ0n) is 19.0. The minimum atomic E-state index is -3.58. The van der Waals surface area contributed by atoms with E-state index in [0.717, 1.165) is 32.1 Å². The van der Waals surface area contributed by atoms with Crippen LogP contribution in [0.4, 0.5) is 11.4 Å². The Morgan fingerprint density at radius 3 is 2.68 bits per heavy atom. The van der Waals surface area contributed by atoms with Crippen LogP contribution in [-0.2, 0) is 14.6 Å². The first-order valence-electron chi connectivity index (χ1n) is 11.7. The molecule has 4 rings (SSSR count). The van der Waals surface area contributed by atoms with Gasteiger partial charge in [-0.1, -0.05) is 35.4 Å². The summed E-state index contributed by atoms with van der Waals surface area (Å²) in [5.74, 6) is -1.20. The minimum Gasteiger partial charge on any atom is -0.371 e. The van der Waals surface area contributed by atoms with Gasteiger partial charge in [0.15, 0.2) is 9.84 Å². The molecule has 0 bridgehead atoms. The summed E-state index contributed by atoms with van der Waals surface area (Å²) in [6, 6.07) is 4.04. The number of allylic oxidation sites excluding steroid dienone is 4. The molecule has 0 aromatic heterocycles. The highest BCUT2D eigenvalue weighted by Gasteiger charge is 2.31. The molecule has 9 heteroatoms. The number of nitrogens with one attached hydrogen (secondary N) is 3. The molecule has 0 saturated heterocycles. The second kappa shape index (κ2) is 10.8. The fourth-order valence-electron chi connectivity index (χ4n) is 4.45. The number of benzene rings is 1. The molecule has 1 aromatic rings. The Bertz CT molecular complexity index is 1170. The lowest BCUT2D eigenvalue weighted by molar-refractivity contribution is -0.116. The molecule has 1 atom stereocenters. The first-order chi connectivity index (χ1) is 16.3. The summed E-state index contributed by atoms with van der Waals surface area (Å²) in [6.45, 7) is 0.571. The van der Waals surface area contributed by atoms with Crippen LogP contribution in [-0.4, -0.2) is 44.3 Å². The van der Waals surface area contributed by atoms with Crippen LogP contribution in [0.3, 0.4) is 0 Å². The van der Waals surface area contributed by atoms with E-state index in [4.69, 9.17) is 11.6 Å². The van der Waals surface area contributed by atoms with Crippen LogP contribution in [0.2, 0.25) is 0 Å². The van der Waals surface area contributed by atoms with Crippen molar-refractivity contribution in [3.63, 3.8) is 0 Å². The maximum absolute atomic E-state index is 12.7. The van der Waals surface area contributed by atoms with Crippen molar-refractivity contribution in [2.24, 2.45) is 0 Å². The molecule has 182 valence electrons. The van der Waals surface area contributed by atoms with Gasteiger partial charge in [0.1, 0.15) is 6.04 Å². The maximum Gasteiger partial charge on any atom is 0.251 e. The van der Waals surface area contributed by atoms with Gasteiger partial charge in [-0.15, -0.1) is 0 Å². The van der Waals surface area contributed by atoms with Crippen LogP contribution in [0.15, 0.2) is 52.6 Å². The van der Waals surface area contributed by atoms with Gasteiger partial charge in [-0.25, -0.2) is 8.42 Å². The lowest BCUT2D eigenvalue weighted by atomic mass is 9.97. The van der Waals surface area contributed by atoms with E-state index in [1.165, 1.54) is 18.4 Å². The van der Waals surface area contributed by atoms with E-state index in [2.05, 4.69) is 22.0 Å². The van der Waals surface area contributed by atoms with Crippen molar-refractivity contribution in [1.29, 1.82) is 0 Å². The molecule has 7 nitrogen and oxygen atoms in total. The van der Waals surface area contributed by atoms with Gasteiger partial charge in [-0.3, -0.25) is 9.59 Å². The smallest absolute Gasteiger partial charge is 0.251 e. The summed E-state index contributed by atoms with van der Waals surface area (Å²) in [5.41, 5.74) is 3.46. The zero-order chi connectivity index (χ0) is 24.1. The fourth-order valence-corrected chi connectivity index (χ4v) is 6.39. The molecular formula is C25H30ClN3O4S. The Labute approximate surface area is 205 Å². The summed E-state index contributed by atoms with van der Waals surface area (Å²) in [4.78, 5) is 25.2. The number of carbonyl (C=O) groups is 2. The predicted molar refractivity (Wildman–Crippen MR) is 136 cm³/mol. The average molecular weight is 504 g/mol. The van der Waals surface area contributed by atoms with Crippen molar-refractivity contribution in [3.05, 3.63) is 58.2 Å². The normalized spacial score (nSPS) is 20.2. The van der Waals surface area contributed by atoms with Gasteiger partial charge in [0.2, 0.25) is 5.91 Å².